The normalized spacial score (nSPS) is 24.7. The highest BCUT2D eigenvalue weighted by molar-refractivity contribution is 5.76. The summed E-state index contributed by atoms with van der Waals surface area (Å²) in [6, 6.07) is 0.473. The Balaban J connectivity index is 1.53. The van der Waals surface area contributed by atoms with Crippen molar-refractivity contribution in [2.24, 2.45) is 0 Å². The van der Waals surface area contributed by atoms with Crippen LogP contribution < -0.4 is 0 Å². The predicted molar refractivity (Wildman–Crippen MR) is 81.3 cm³/mol. The quantitative estimate of drug-likeness (QED) is 0.787. The van der Waals surface area contributed by atoms with Crippen molar-refractivity contribution in [1.82, 2.24) is 15.0 Å². The van der Waals surface area contributed by atoms with Crippen LogP contribution in [0.2, 0.25) is 0 Å². The van der Waals surface area contributed by atoms with E-state index in [0.29, 0.717) is 6.04 Å². The van der Waals surface area contributed by atoms with Gasteiger partial charge in [-0.15, -0.1) is 0 Å². The summed E-state index contributed by atoms with van der Waals surface area (Å²) in [4.78, 5) is 16.7. The Labute approximate surface area is 131 Å². The van der Waals surface area contributed by atoms with Crippen molar-refractivity contribution in [2.45, 2.75) is 51.2 Å². The van der Waals surface area contributed by atoms with Gasteiger partial charge in [0.1, 0.15) is 18.0 Å². The summed E-state index contributed by atoms with van der Waals surface area (Å²) in [5.74, 6) is -0.0712. The molecule has 0 radical (unpaired) electrons. The Morgan fingerprint density at radius 2 is 2.14 bits per heavy atom. The van der Waals surface area contributed by atoms with Gasteiger partial charge in [0.05, 0.1) is 7.11 Å². The van der Waals surface area contributed by atoms with Crippen molar-refractivity contribution in [3.05, 3.63) is 17.5 Å². The summed E-state index contributed by atoms with van der Waals surface area (Å²) in [5, 5.41) is 4.06. The van der Waals surface area contributed by atoms with Crippen LogP contribution >= 0.6 is 0 Å². The lowest BCUT2D eigenvalue weighted by Crippen LogP contribution is -2.49. The van der Waals surface area contributed by atoms with Crippen LogP contribution in [0.4, 0.5) is 0 Å². The van der Waals surface area contributed by atoms with E-state index in [2.05, 4.69) is 15.0 Å². The van der Waals surface area contributed by atoms with Crippen molar-refractivity contribution in [1.29, 1.82) is 0 Å². The average molecular weight is 307 g/mol. The Bertz CT molecular complexity index is 508. The molecule has 0 spiro atoms. The molecular formula is C16H25N3O3. The minimum atomic E-state index is -0.0712. The molecule has 3 rings (SSSR count). The molecule has 1 aromatic rings. The number of esters is 1. The van der Waals surface area contributed by atoms with Gasteiger partial charge in [0.2, 0.25) is 0 Å². The molecule has 22 heavy (non-hydrogen) atoms. The van der Waals surface area contributed by atoms with Gasteiger partial charge in [0.15, 0.2) is 0 Å². The molecule has 0 aliphatic carbocycles. The van der Waals surface area contributed by atoms with Gasteiger partial charge in [0.25, 0.3) is 0 Å². The fraction of sp³-hybridized carbons (Fsp3) is 0.750. The van der Waals surface area contributed by atoms with Gasteiger partial charge in [0, 0.05) is 31.2 Å². The van der Waals surface area contributed by atoms with Crippen LogP contribution in [-0.2, 0) is 16.1 Å². The number of nitrogens with zero attached hydrogens (tertiary/aromatic N) is 3. The second kappa shape index (κ2) is 6.79. The number of likely N-dealkylation sites (tertiary alicyclic amines) is 2. The molecule has 0 amide bonds. The first kappa shape index (κ1) is 15.5. The summed E-state index contributed by atoms with van der Waals surface area (Å²) >= 11 is 0. The van der Waals surface area contributed by atoms with Crippen LogP contribution in [0.25, 0.3) is 0 Å². The molecule has 2 aliphatic rings. The third kappa shape index (κ3) is 3.17. The van der Waals surface area contributed by atoms with Crippen molar-refractivity contribution < 1.29 is 14.1 Å². The molecule has 2 saturated heterocycles. The molecule has 122 valence electrons. The first-order valence-electron chi connectivity index (χ1n) is 8.15. The van der Waals surface area contributed by atoms with E-state index in [0.717, 1.165) is 63.1 Å². The fourth-order valence-electron chi connectivity index (χ4n) is 3.70. The van der Waals surface area contributed by atoms with Gasteiger partial charge >= 0.3 is 5.97 Å². The molecule has 0 N–H and O–H groups in total. The molecule has 2 aliphatic heterocycles. The molecule has 0 saturated carbocycles. The van der Waals surface area contributed by atoms with Gasteiger partial charge in [-0.05, 0) is 39.2 Å². The maximum Gasteiger partial charge on any atom is 0.323 e. The van der Waals surface area contributed by atoms with E-state index < -0.39 is 0 Å². The number of hydrogen-bond donors (Lipinski definition) is 0. The van der Waals surface area contributed by atoms with Crippen molar-refractivity contribution in [2.75, 3.05) is 26.7 Å². The van der Waals surface area contributed by atoms with E-state index in [1.54, 1.807) is 6.26 Å². The number of aromatic nitrogens is 1. The highest BCUT2D eigenvalue weighted by atomic mass is 16.5. The van der Waals surface area contributed by atoms with E-state index in [-0.39, 0.29) is 12.0 Å². The zero-order valence-electron chi connectivity index (χ0n) is 13.5. The molecule has 0 unspecified atom stereocenters. The number of ether oxygens (including phenoxy) is 1. The third-order valence-electron chi connectivity index (χ3n) is 5.01. The second-order valence-corrected chi connectivity index (χ2v) is 6.37. The highest BCUT2D eigenvalue weighted by Gasteiger charge is 2.37. The fourth-order valence-corrected chi connectivity index (χ4v) is 3.70. The van der Waals surface area contributed by atoms with E-state index >= 15 is 0 Å². The lowest BCUT2D eigenvalue weighted by atomic mass is 10.0. The van der Waals surface area contributed by atoms with Gasteiger partial charge in [-0.1, -0.05) is 5.16 Å². The Morgan fingerprint density at radius 1 is 1.36 bits per heavy atom. The topological polar surface area (TPSA) is 58.8 Å². The first-order valence-corrected chi connectivity index (χ1v) is 8.15. The summed E-state index contributed by atoms with van der Waals surface area (Å²) < 4.78 is 9.96. The monoisotopic (exact) mass is 307 g/mol. The van der Waals surface area contributed by atoms with Gasteiger partial charge in [-0.3, -0.25) is 14.6 Å². The van der Waals surface area contributed by atoms with Crippen LogP contribution in [0.5, 0.6) is 0 Å². The van der Waals surface area contributed by atoms with E-state index in [1.165, 1.54) is 7.11 Å². The number of rotatable bonds is 4. The summed E-state index contributed by atoms with van der Waals surface area (Å²) in [5.41, 5.74) is 2.15. The SMILES string of the molecule is COC(=O)[C@@H]1CCCN1C1CCN(Cc2nocc2C)CC1. The van der Waals surface area contributed by atoms with E-state index in [1.807, 2.05) is 6.92 Å². The molecule has 1 aromatic heterocycles. The Kier molecular flexibility index (Phi) is 4.78. The van der Waals surface area contributed by atoms with Crippen LogP contribution in [0.1, 0.15) is 36.9 Å². The maximum atomic E-state index is 11.9. The second-order valence-electron chi connectivity index (χ2n) is 6.37. The summed E-state index contributed by atoms with van der Waals surface area (Å²) in [7, 11) is 1.49. The Hall–Kier alpha value is -1.40. The maximum absolute atomic E-state index is 11.9. The minimum absolute atomic E-state index is 0.0284. The van der Waals surface area contributed by atoms with Crippen LogP contribution in [-0.4, -0.2) is 59.8 Å². The predicted octanol–water partition coefficient (Wildman–Crippen LogP) is 1.58. The number of carbonyl (C=O) groups excluding carboxylic acids is 1. The largest absolute Gasteiger partial charge is 0.468 e. The average Bonchev–Trinajstić information content (AvgIpc) is 3.17. The first-order chi connectivity index (χ1) is 10.7. The van der Waals surface area contributed by atoms with Crippen molar-refractivity contribution in [3.63, 3.8) is 0 Å². The molecule has 6 heteroatoms. The number of aryl methyl sites for hydroxylation is 1. The zero-order chi connectivity index (χ0) is 15.5. The van der Waals surface area contributed by atoms with Crippen LogP contribution in [0.3, 0.4) is 0 Å². The Morgan fingerprint density at radius 3 is 2.77 bits per heavy atom. The summed E-state index contributed by atoms with van der Waals surface area (Å²) in [6.45, 7) is 5.99. The standard InChI is InChI=1S/C16H25N3O3/c1-12-11-22-17-14(12)10-18-8-5-13(6-9-18)19-7-3-4-15(19)16(20)21-2/h11,13,15H,3-10H2,1-2H3/t15-/m0/s1. The van der Waals surface area contributed by atoms with E-state index in [9.17, 15) is 4.79 Å². The smallest absolute Gasteiger partial charge is 0.323 e. The van der Waals surface area contributed by atoms with Crippen molar-refractivity contribution >= 4 is 5.97 Å². The molecule has 2 fully saturated rings. The minimum Gasteiger partial charge on any atom is -0.468 e. The number of hydrogen-bond acceptors (Lipinski definition) is 6. The number of carbonyl (C=O) groups is 1. The van der Waals surface area contributed by atoms with Gasteiger partial charge in [-0.2, -0.15) is 0 Å². The van der Waals surface area contributed by atoms with Crippen LogP contribution in [0, 0.1) is 6.92 Å². The molecule has 6 nitrogen and oxygen atoms in total. The molecule has 1 atom stereocenters. The van der Waals surface area contributed by atoms with Crippen molar-refractivity contribution in [3.8, 4) is 0 Å². The zero-order valence-corrected chi connectivity index (χ0v) is 13.5. The van der Waals surface area contributed by atoms with Gasteiger partial charge < -0.3 is 9.26 Å². The van der Waals surface area contributed by atoms with Crippen LogP contribution in [0.15, 0.2) is 10.8 Å². The molecule has 0 aromatic carbocycles. The lowest BCUT2D eigenvalue weighted by Gasteiger charge is -2.38. The number of piperidine rings is 1. The third-order valence-corrected chi connectivity index (χ3v) is 5.01. The highest BCUT2D eigenvalue weighted by Crippen LogP contribution is 2.27. The molecular weight excluding hydrogens is 282 g/mol. The molecule has 3 heterocycles. The van der Waals surface area contributed by atoms with E-state index in [4.69, 9.17) is 9.26 Å². The lowest BCUT2D eigenvalue weighted by molar-refractivity contribution is -0.147. The molecule has 0 bridgehead atoms. The summed E-state index contributed by atoms with van der Waals surface area (Å²) in [6.07, 6.45) is 5.94. The van der Waals surface area contributed by atoms with Gasteiger partial charge in [-0.25, -0.2) is 0 Å². The number of methoxy groups -OCH3 is 1.